The second-order valence-electron chi connectivity index (χ2n) is 28.9. The van der Waals surface area contributed by atoms with Gasteiger partial charge in [0.25, 0.3) is 0 Å². The number of thioether (sulfide) groups is 1. The van der Waals surface area contributed by atoms with Crippen molar-refractivity contribution >= 4 is 59.5 Å². The van der Waals surface area contributed by atoms with E-state index in [4.69, 9.17) is 119 Å². The van der Waals surface area contributed by atoms with Crippen LogP contribution < -0.4 is 11.1 Å². The van der Waals surface area contributed by atoms with Gasteiger partial charge in [-0.1, -0.05) is 58.4 Å². The molecule has 53 heteroatoms. The monoisotopic (exact) mass is 1770 g/mol. The molecule has 22 aliphatic heterocycles. The fourth-order valence-electron chi connectivity index (χ4n) is 14.7. The maximum atomic E-state index is 14.0. The third-order valence-corrected chi connectivity index (χ3v) is 21.2. The van der Waals surface area contributed by atoms with E-state index in [0.717, 1.165) is 48.5 Å². The molecule has 12 bridgehead atoms. The minimum Gasteiger partial charge on any atom is -0.459 e. The molecule has 0 spiro atoms. The van der Waals surface area contributed by atoms with Crippen molar-refractivity contribution in [2.24, 2.45) is 60.1 Å². The van der Waals surface area contributed by atoms with Gasteiger partial charge in [0.2, 0.25) is 5.91 Å². The van der Waals surface area contributed by atoms with Crippen LogP contribution in [-0.2, 0) is 152 Å². The molecule has 0 aromatic carbocycles. The van der Waals surface area contributed by atoms with E-state index in [-0.39, 0.29) is 51.7 Å². The molecule has 3 N–H and O–H groups in total. The first-order valence-corrected chi connectivity index (χ1v) is 40.9. The molecule has 0 saturated carbocycles. The highest BCUT2D eigenvalue weighted by Crippen LogP contribution is 2.45. The van der Waals surface area contributed by atoms with Crippen LogP contribution >= 0.6 is 11.8 Å². The van der Waals surface area contributed by atoms with E-state index in [9.17, 15) is 71.5 Å². The Morgan fingerprint density at radius 3 is 1.00 bits per heavy atom. The van der Waals surface area contributed by atoms with Gasteiger partial charge in [-0.3, -0.25) is 38.4 Å². The highest BCUT2D eigenvalue weighted by atomic mass is 32.2. The lowest BCUT2D eigenvalue weighted by molar-refractivity contribution is -0.394. The van der Waals surface area contributed by atoms with E-state index in [1.54, 1.807) is 20.8 Å². The van der Waals surface area contributed by atoms with Crippen molar-refractivity contribution in [3.63, 3.8) is 0 Å². The Balaban J connectivity index is 1.37. The highest BCUT2D eigenvalue weighted by Gasteiger charge is 2.62. The Bertz CT molecular complexity index is 3750. The molecule has 22 heterocycles. The van der Waals surface area contributed by atoms with Crippen LogP contribution in [0.4, 0.5) is 0 Å². The van der Waals surface area contributed by atoms with Crippen LogP contribution in [0.15, 0.2) is 30.7 Å². The largest absolute Gasteiger partial charge is 0.459 e. The zero-order valence-corrected chi connectivity index (χ0v) is 70.6. The Hall–Kier alpha value is -8.75. The Kier molecular flexibility index (Phi) is 43.6. The van der Waals surface area contributed by atoms with Crippen molar-refractivity contribution < 1.29 is 152 Å². The molecular formula is C70H108N20O32S. The van der Waals surface area contributed by atoms with Crippen molar-refractivity contribution in [2.75, 3.05) is 123 Å². The van der Waals surface area contributed by atoms with Gasteiger partial charge in [0, 0.05) is 128 Å². The number of carbonyl (C=O) groups is 8. The van der Waals surface area contributed by atoms with Gasteiger partial charge >= 0.3 is 41.8 Å². The van der Waals surface area contributed by atoms with Crippen molar-refractivity contribution in [1.29, 1.82) is 0 Å². The average molecular weight is 1770 g/mol. The summed E-state index contributed by atoms with van der Waals surface area (Å²) >= 11 is 1.38. The maximum Gasteiger partial charge on any atom is 0.303 e. The number of nitrogens with one attached hydrogen (secondary N) is 1. The van der Waals surface area contributed by atoms with Crippen LogP contribution in [0.3, 0.4) is 0 Å². The van der Waals surface area contributed by atoms with E-state index in [1.807, 2.05) is 0 Å². The minimum atomic E-state index is -2.14. The Labute approximate surface area is 709 Å². The van der Waals surface area contributed by atoms with Crippen molar-refractivity contribution in [2.45, 2.75) is 249 Å². The molecule has 1 amide bonds. The van der Waals surface area contributed by atoms with Gasteiger partial charge in [-0.15, -0.1) is 0 Å². The van der Waals surface area contributed by atoms with Crippen LogP contribution in [0.1, 0.15) is 89.0 Å². The molecule has 22 saturated heterocycles. The number of carbonyl (C=O) groups excluding carboxylic acids is 8. The molecule has 686 valence electrons. The molecule has 22 aliphatic rings. The third-order valence-electron chi connectivity index (χ3n) is 20.1. The number of hydrogen-bond donors (Lipinski definition) is 2. The minimum absolute atomic E-state index is 0.0456. The van der Waals surface area contributed by atoms with E-state index >= 15 is 0 Å². The van der Waals surface area contributed by atoms with Crippen LogP contribution in [0, 0.1) is 23.7 Å². The summed E-state index contributed by atoms with van der Waals surface area (Å²) in [5.74, 6) is -10.6. The van der Waals surface area contributed by atoms with Gasteiger partial charge in [-0.25, -0.2) is 0 Å². The topological polar surface area (TPSA) is 689 Å². The number of rotatable bonds is 41. The first-order chi connectivity index (χ1) is 59.1. The number of ether oxygens (including phenoxy) is 24. The van der Waals surface area contributed by atoms with Crippen molar-refractivity contribution in [1.82, 2.24) is 5.32 Å². The predicted octanol–water partition coefficient (Wildman–Crippen LogP) is 4.63. The summed E-state index contributed by atoms with van der Waals surface area (Å²) in [5, 5.41) is 25.6. The first kappa shape index (κ1) is 101. The second-order valence-corrected chi connectivity index (χ2v) is 30.2. The molecule has 22 rings (SSSR count). The molecule has 30 atom stereocenters. The number of hydrogen-bond acceptors (Lipinski definition) is 40. The van der Waals surface area contributed by atoms with Gasteiger partial charge in [0.1, 0.15) is 36.6 Å². The molecular weight excluding hydrogens is 1660 g/mol. The normalized spacial score (nSPS) is 34.1. The predicted molar refractivity (Wildman–Crippen MR) is 412 cm³/mol. The summed E-state index contributed by atoms with van der Waals surface area (Å²) in [7, 11) is 0. The van der Waals surface area contributed by atoms with E-state index in [2.05, 4.69) is 65.5 Å². The molecule has 22 fully saturated rings. The lowest BCUT2D eigenvalue weighted by Crippen LogP contribution is -2.69. The Morgan fingerprint density at radius 2 is 0.618 bits per heavy atom. The van der Waals surface area contributed by atoms with Crippen LogP contribution in [-0.4, -0.2) is 331 Å². The molecule has 0 aromatic rings. The number of amides is 1. The standard InChI is InChI=1S/C70H108N20O32S/c1-33-34(2)65-111-44(27-79-85-72)51(33)117-66-36(4)53(104-37(5)91)55(46(112-66)29-81-87-74)119-69-63(109-42(10)96)61(108-41(9)95)58(49(115-69)32-84-90-77)121-68-62(103-16-12-25-123-26-15-78-50(98)13-17-99-19-21-101-23-24-102-22-20-100-18-14-71)59(106-39(7)93)56(47(114-68)30-82-88-75)122-70-64(110-43(11)97)60(107-40(8)94)57(48(116-70)31-83-89-76)120-67-54(105-38(6)92)35(3)52(118-65)45(113-67)28-80-86-73/h33-36,44-49,51-70H,12-32,71H2,1-11H3,(H,78,98)/t33-,34-,35+,36-,44-,45-,46-,47-,48-,49-,51+,52+,53-,54-,55-,56-,57-,58-,59+,60+,61+,62-,63-,64-,65-,66-,67-,68-,69-,70-/m1/s1. The quantitative estimate of drug-likeness (QED) is 0.0210. The second kappa shape index (κ2) is 52.9. The molecule has 123 heavy (non-hydrogen) atoms. The fourth-order valence-corrected chi connectivity index (χ4v) is 15.5. The first-order valence-electron chi connectivity index (χ1n) is 39.7. The summed E-state index contributed by atoms with van der Waals surface area (Å²) < 4.78 is 152. The van der Waals surface area contributed by atoms with Crippen molar-refractivity contribution in [3.05, 3.63) is 62.7 Å². The van der Waals surface area contributed by atoms with Crippen LogP contribution in [0.5, 0.6) is 0 Å². The molecule has 52 nitrogen and oxygen atoms in total. The smallest absolute Gasteiger partial charge is 0.303 e. The summed E-state index contributed by atoms with van der Waals surface area (Å²) in [6, 6.07) is 0. The van der Waals surface area contributed by atoms with Crippen molar-refractivity contribution in [3.8, 4) is 0 Å². The van der Waals surface area contributed by atoms with Gasteiger partial charge in [-0.2, -0.15) is 11.8 Å². The van der Waals surface area contributed by atoms with E-state index < -0.39 is 265 Å². The SMILES string of the molecule is CC(=O)O[C@@H]1[C@@H](OC(C)=O)[C@H]2O[C@H]3[C@H](OC(C)=O)[C@@H](OCCCSCCNC(=O)CCOCCOCCOCCOCCN)[C@@H](O[C@H]4[C@H](OC(C)=O)[C@@H](OC(C)=O)[C@@H](O[C@H]5[C@H](OC(C)=O)[C@@H](C)[C@@H](O[C@H]6[C@H](C)[C@@H](C)[C@@H](O[C@H]7[C@H](C)[C@@H](OC(C)=O)[C@@H](O[C@@H]1[C@@H](CN=[N+]=[N-])O2)O[C@@H]7CN=[N+]=[N-])O[C@@H]6CN=[N+]=[N-])O[C@@H]5CN=[N+]=[N-])O[C@@H]4CN=[N+]=[N-])O[C@@H]3CN=[N+]=[N-]. The summed E-state index contributed by atoms with van der Waals surface area (Å²) in [5.41, 5.74) is 65.2. The van der Waals surface area contributed by atoms with Crippen LogP contribution in [0.2, 0.25) is 0 Å². The van der Waals surface area contributed by atoms with Gasteiger partial charge in [0.05, 0.1) is 141 Å². The molecule has 0 unspecified atom stereocenters. The number of nitrogens with zero attached hydrogens (tertiary/aromatic N) is 18. The van der Waals surface area contributed by atoms with Crippen LogP contribution in [0.25, 0.3) is 62.7 Å². The number of azide groups is 6. The number of esters is 7. The molecule has 0 aliphatic carbocycles. The highest BCUT2D eigenvalue weighted by molar-refractivity contribution is 7.99. The Morgan fingerprint density at radius 1 is 0.325 bits per heavy atom. The van der Waals surface area contributed by atoms with Gasteiger partial charge in [-0.05, 0) is 51.3 Å². The third kappa shape index (κ3) is 30.8. The fraction of sp³-hybridized carbons (Fsp3) is 0.886. The van der Waals surface area contributed by atoms with E-state index in [1.165, 1.54) is 18.7 Å². The van der Waals surface area contributed by atoms with Gasteiger partial charge < -0.3 is 125 Å². The summed E-state index contributed by atoms with van der Waals surface area (Å²) in [6.07, 6.45) is -45.0. The zero-order valence-electron chi connectivity index (χ0n) is 69.8. The lowest BCUT2D eigenvalue weighted by atomic mass is 9.83. The number of nitrogens with two attached hydrogens (primary N) is 1. The molecule has 0 aromatic heterocycles. The maximum absolute atomic E-state index is 14.0. The van der Waals surface area contributed by atoms with Gasteiger partial charge in [0.15, 0.2) is 74.4 Å². The zero-order chi connectivity index (χ0) is 89.7. The van der Waals surface area contributed by atoms with E-state index in [0.29, 0.717) is 51.1 Å². The molecule has 0 radical (unpaired) electrons. The summed E-state index contributed by atoms with van der Waals surface area (Å²) in [4.78, 5) is 126. The average Bonchev–Trinajstić information content (AvgIpc) is 0.750. The summed E-state index contributed by atoms with van der Waals surface area (Å²) in [6.45, 7) is 12.4. The lowest BCUT2D eigenvalue weighted by Gasteiger charge is -2.53.